The normalized spacial score (nSPS) is 14.7. The number of thioether (sulfide) groups is 1. The van der Waals surface area contributed by atoms with E-state index in [4.69, 9.17) is 4.74 Å². The number of aryl methyl sites for hydroxylation is 2. The summed E-state index contributed by atoms with van der Waals surface area (Å²) < 4.78 is 32.1. The summed E-state index contributed by atoms with van der Waals surface area (Å²) in [5.74, 6) is -1.16. The Morgan fingerprint density at radius 3 is 2.47 bits per heavy atom. The molecule has 11 heteroatoms. The molecule has 1 fully saturated rings. The SMILES string of the molecule is Cc1cc(C)nc(SCC(=O)OCC(=O)Nc2cccc(S(=O)(=O)N3CCCCC3)c2)n1. The molecule has 0 atom stereocenters. The molecule has 1 amide bonds. The molecule has 32 heavy (non-hydrogen) atoms. The number of nitrogens with one attached hydrogen (secondary N) is 1. The molecule has 0 aliphatic carbocycles. The second-order valence-electron chi connectivity index (χ2n) is 7.42. The Hall–Kier alpha value is -2.50. The number of esters is 1. The number of amides is 1. The molecule has 2 heterocycles. The molecule has 3 rings (SSSR count). The quantitative estimate of drug-likeness (QED) is 0.349. The summed E-state index contributed by atoms with van der Waals surface area (Å²) in [7, 11) is -3.60. The van der Waals surface area contributed by atoms with Crippen LogP contribution >= 0.6 is 11.8 Å². The highest BCUT2D eigenvalue weighted by molar-refractivity contribution is 7.99. The molecule has 0 bridgehead atoms. The molecule has 0 spiro atoms. The van der Waals surface area contributed by atoms with Crippen molar-refractivity contribution < 1.29 is 22.7 Å². The summed E-state index contributed by atoms with van der Waals surface area (Å²) >= 11 is 1.13. The fourth-order valence-corrected chi connectivity index (χ4v) is 5.57. The van der Waals surface area contributed by atoms with Crippen molar-refractivity contribution in [3.63, 3.8) is 0 Å². The highest BCUT2D eigenvalue weighted by Crippen LogP contribution is 2.23. The van der Waals surface area contributed by atoms with E-state index in [0.717, 1.165) is 42.4 Å². The molecule has 1 aliphatic heterocycles. The maximum absolute atomic E-state index is 12.8. The zero-order chi connectivity index (χ0) is 23.1. The molecule has 0 unspecified atom stereocenters. The summed E-state index contributed by atoms with van der Waals surface area (Å²) in [6.45, 7) is 4.21. The fourth-order valence-electron chi connectivity index (χ4n) is 3.26. The summed E-state index contributed by atoms with van der Waals surface area (Å²) in [6, 6.07) is 7.91. The number of anilines is 1. The van der Waals surface area contributed by atoms with Crippen molar-refractivity contribution in [3.8, 4) is 0 Å². The smallest absolute Gasteiger partial charge is 0.316 e. The Kier molecular flexibility index (Phi) is 8.21. The van der Waals surface area contributed by atoms with Crippen LogP contribution in [-0.2, 0) is 24.3 Å². The second kappa shape index (κ2) is 10.9. The van der Waals surface area contributed by atoms with Gasteiger partial charge in [-0.2, -0.15) is 4.31 Å². The Labute approximate surface area is 192 Å². The molecular formula is C21H26N4O5S2. The van der Waals surface area contributed by atoms with E-state index in [-0.39, 0.29) is 10.6 Å². The van der Waals surface area contributed by atoms with Gasteiger partial charge in [0.1, 0.15) is 0 Å². The first kappa shape index (κ1) is 24.1. The largest absolute Gasteiger partial charge is 0.455 e. The summed E-state index contributed by atoms with van der Waals surface area (Å²) in [6.07, 6.45) is 2.71. The predicted molar refractivity (Wildman–Crippen MR) is 121 cm³/mol. The van der Waals surface area contributed by atoms with Crippen molar-refractivity contribution in [3.05, 3.63) is 41.7 Å². The first-order chi connectivity index (χ1) is 15.2. The van der Waals surface area contributed by atoms with E-state index < -0.39 is 28.5 Å². The number of ether oxygens (including phenoxy) is 1. The van der Waals surface area contributed by atoms with E-state index in [9.17, 15) is 18.0 Å². The van der Waals surface area contributed by atoms with Gasteiger partial charge in [0.05, 0.1) is 10.6 Å². The lowest BCUT2D eigenvalue weighted by atomic mass is 10.2. The fraction of sp³-hybridized carbons (Fsp3) is 0.429. The van der Waals surface area contributed by atoms with Crippen LogP contribution in [0.25, 0.3) is 0 Å². The van der Waals surface area contributed by atoms with Crippen LogP contribution in [0, 0.1) is 13.8 Å². The number of aromatic nitrogens is 2. The Morgan fingerprint density at radius 1 is 1.09 bits per heavy atom. The summed E-state index contributed by atoms with van der Waals surface area (Å²) in [5, 5.41) is 3.04. The van der Waals surface area contributed by atoms with Gasteiger partial charge in [-0.3, -0.25) is 9.59 Å². The third kappa shape index (κ3) is 6.75. The predicted octanol–water partition coefficient (Wildman–Crippen LogP) is 2.54. The van der Waals surface area contributed by atoms with E-state index in [2.05, 4.69) is 15.3 Å². The molecule has 1 N–H and O–H groups in total. The van der Waals surface area contributed by atoms with E-state index in [0.29, 0.717) is 23.9 Å². The minimum atomic E-state index is -3.60. The minimum Gasteiger partial charge on any atom is -0.455 e. The maximum atomic E-state index is 12.8. The van der Waals surface area contributed by atoms with E-state index in [1.165, 1.54) is 16.4 Å². The highest BCUT2D eigenvalue weighted by atomic mass is 32.2. The van der Waals surface area contributed by atoms with Crippen LogP contribution in [0.4, 0.5) is 5.69 Å². The third-order valence-corrected chi connectivity index (χ3v) is 7.43. The highest BCUT2D eigenvalue weighted by Gasteiger charge is 2.26. The topological polar surface area (TPSA) is 119 Å². The lowest BCUT2D eigenvalue weighted by Gasteiger charge is -2.26. The number of hydrogen-bond donors (Lipinski definition) is 1. The van der Waals surface area contributed by atoms with Gasteiger partial charge in [0.2, 0.25) is 10.0 Å². The number of hydrogen-bond acceptors (Lipinski definition) is 8. The van der Waals surface area contributed by atoms with Crippen LogP contribution < -0.4 is 5.32 Å². The Balaban J connectivity index is 1.50. The number of benzene rings is 1. The van der Waals surface area contributed by atoms with Gasteiger partial charge in [-0.1, -0.05) is 24.2 Å². The van der Waals surface area contributed by atoms with Crippen molar-refractivity contribution in [1.29, 1.82) is 0 Å². The molecule has 172 valence electrons. The molecular weight excluding hydrogens is 452 g/mol. The third-order valence-electron chi connectivity index (χ3n) is 4.72. The van der Waals surface area contributed by atoms with Gasteiger partial charge in [-0.25, -0.2) is 18.4 Å². The van der Waals surface area contributed by atoms with Crippen LogP contribution in [0.3, 0.4) is 0 Å². The van der Waals surface area contributed by atoms with Crippen molar-refractivity contribution in [2.75, 3.05) is 30.8 Å². The summed E-state index contributed by atoms with van der Waals surface area (Å²) in [4.78, 5) is 32.7. The molecule has 0 saturated carbocycles. The number of sulfonamides is 1. The monoisotopic (exact) mass is 478 g/mol. The maximum Gasteiger partial charge on any atom is 0.316 e. The average Bonchev–Trinajstić information content (AvgIpc) is 2.76. The van der Waals surface area contributed by atoms with Gasteiger partial charge >= 0.3 is 5.97 Å². The van der Waals surface area contributed by atoms with E-state index in [1.54, 1.807) is 12.1 Å². The molecule has 1 saturated heterocycles. The van der Waals surface area contributed by atoms with Crippen LogP contribution in [0.1, 0.15) is 30.7 Å². The van der Waals surface area contributed by atoms with Crippen LogP contribution in [0.2, 0.25) is 0 Å². The lowest BCUT2D eigenvalue weighted by molar-refractivity contribution is -0.144. The van der Waals surface area contributed by atoms with Crippen LogP contribution in [0.15, 0.2) is 40.4 Å². The van der Waals surface area contributed by atoms with E-state index in [1.807, 2.05) is 19.9 Å². The van der Waals surface area contributed by atoms with Gasteiger partial charge < -0.3 is 10.1 Å². The average molecular weight is 479 g/mol. The zero-order valence-corrected chi connectivity index (χ0v) is 19.7. The van der Waals surface area contributed by atoms with E-state index >= 15 is 0 Å². The number of carbonyl (C=O) groups is 2. The number of rotatable bonds is 8. The van der Waals surface area contributed by atoms with Gasteiger partial charge in [0.25, 0.3) is 5.91 Å². The molecule has 1 aromatic heterocycles. The van der Waals surface area contributed by atoms with Crippen LogP contribution in [0.5, 0.6) is 0 Å². The number of nitrogens with zero attached hydrogens (tertiary/aromatic N) is 3. The first-order valence-corrected chi connectivity index (χ1v) is 12.7. The Bertz CT molecular complexity index is 1070. The van der Waals surface area contributed by atoms with Crippen molar-refractivity contribution in [2.45, 2.75) is 43.2 Å². The molecule has 1 aromatic carbocycles. The van der Waals surface area contributed by atoms with Crippen molar-refractivity contribution >= 4 is 39.3 Å². The number of piperidine rings is 1. The zero-order valence-electron chi connectivity index (χ0n) is 18.0. The van der Waals surface area contributed by atoms with Gasteiger partial charge in [0, 0.05) is 30.2 Å². The minimum absolute atomic E-state index is 0.0280. The molecule has 9 nitrogen and oxygen atoms in total. The van der Waals surface area contributed by atoms with Gasteiger partial charge in [-0.15, -0.1) is 0 Å². The van der Waals surface area contributed by atoms with Crippen molar-refractivity contribution in [2.24, 2.45) is 0 Å². The first-order valence-electron chi connectivity index (χ1n) is 10.2. The van der Waals surface area contributed by atoms with Gasteiger partial charge in [-0.05, 0) is 51.0 Å². The molecule has 0 radical (unpaired) electrons. The molecule has 2 aromatic rings. The second-order valence-corrected chi connectivity index (χ2v) is 10.3. The number of carbonyl (C=O) groups excluding carboxylic acids is 2. The summed E-state index contributed by atoms with van der Waals surface area (Å²) in [5.41, 5.74) is 1.93. The lowest BCUT2D eigenvalue weighted by Crippen LogP contribution is -2.35. The van der Waals surface area contributed by atoms with Crippen molar-refractivity contribution in [1.82, 2.24) is 14.3 Å². The molecule has 1 aliphatic rings. The van der Waals surface area contributed by atoms with Gasteiger partial charge in [0.15, 0.2) is 11.8 Å². The Morgan fingerprint density at radius 2 is 1.78 bits per heavy atom. The van der Waals surface area contributed by atoms with Crippen LogP contribution in [-0.4, -0.2) is 60.0 Å². The standard InChI is InChI=1S/C21H26N4O5S2/c1-15-11-16(2)23-21(22-15)31-14-20(27)30-13-19(26)24-17-7-6-8-18(12-17)32(28,29)25-9-4-3-5-10-25/h6-8,11-12H,3-5,9-10,13-14H2,1-2H3,(H,24,26).